The van der Waals surface area contributed by atoms with E-state index < -0.39 is 50.4 Å². The van der Waals surface area contributed by atoms with Gasteiger partial charge in [-0.3, -0.25) is 4.79 Å². The van der Waals surface area contributed by atoms with Gasteiger partial charge in [0.15, 0.2) is 5.78 Å². The molecule has 2 aromatic rings. The van der Waals surface area contributed by atoms with Crippen LogP contribution in [0.1, 0.15) is 60.8 Å². The Morgan fingerprint density at radius 2 is 1.42 bits per heavy atom. The minimum atomic E-state index is -2.80. The molecule has 0 unspecified atom stereocenters. The average Bonchev–Trinajstić information content (AvgIpc) is 2.86. The van der Waals surface area contributed by atoms with Crippen LogP contribution in [0.5, 0.6) is 0 Å². The van der Waals surface area contributed by atoms with E-state index >= 15 is 0 Å². The van der Waals surface area contributed by atoms with Crippen LogP contribution in [0.4, 0.5) is 0 Å². The first-order valence-corrected chi connectivity index (χ1v) is 15.1. The zero-order chi connectivity index (χ0) is 28.7. The van der Waals surface area contributed by atoms with Crippen LogP contribution in [-0.2, 0) is 9.22 Å². The molecule has 0 spiro atoms. The highest BCUT2D eigenvalue weighted by Crippen LogP contribution is 2.38. The van der Waals surface area contributed by atoms with Crippen molar-refractivity contribution >= 4 is 24.5 Å². The van der Waals surface area contributed by atoms with E-state index in [2.05, 4.69) is 51.0 Å². The molecule has 7 heteroatoms. The van der Waals surface area contributed by atoms with Gasteiger partial charge in [-0.25, -0.2) is 0 Å². The van der Waals surface area contributed by atoms with Crippen molar-refractivity contribution in [1.82, 2.24) is 0 Å². The van der Waals surface area contributed by atoms with Gasteiger partial charge in [-0.05, 0) is 41.6 Å². The molecule has 0 aliphatic heterocycles. The third-order valence-corrected chi connectivity index (χ3v) is 12.3. The maximum atomic E-state index is 12.6. The van der Waals surface area contributed by atoms with E-state index in [9.17, 15) is 25.2 Å². The maximum Gasteiger partial charge on any atom is 0.261 e. The van der Waals surface area contributed by atoms with Crippen molar-refractivity contribution in [2.75, 3.05) is 0 Å². The normalized spacial score (nSPS) is 17.9. The first kappa shape index (κ1) is 31.9. The summed E-state index contributed by atoms with van der Waals surface area (Å²) < 4.78 is 7.04. The van der Waals surface area contributed by atoms with Crippen LogP contribution in [0.15, 0.2) is 60.7 Å². The Morgan fingerprint density at radius 3 is 1.84 bits per heavy atom. The Labute approximate surface area is 228 Å². The Balaban J connectivity index is 2.21. The Bertz CT molecular complexity index is 1020. The second-order valence-electron chi connectivity index (χ2n) is 11.7. The van der Waals surface area contributed by atoms with E-state index in [0.717, 1.165) is 10.4 Å². The molecule has 0 radical (unpaired) electrons. The number of aliphatic hydroxyl groups excluding tert-OH is 3. The number of Topliss-reactive ketones (excluding diaryl/α,β-unsaturated/α-hetero) is 1. The number of hydrogen-bond acceptors (Lipinski definition) is 6. The zero-order valence-electron chi connectivity index (χ0n) is 23.5. The molecular weight excluding hydrogens is 496 g/mol. The van der Waals surface area contributed by atoms with E-state index in [-0.39, 0.29) is 17.6 Å². The number of hydrogen-bond donors (Lipinski definition) is 4. The Kier molecular flexibility index (Phi) is 11.0. The molecule has 6 nitrogen and oxygen atoms in total. The van der Waals surface area contributed by atoms with Gasteiger partial charge in [0, 0.05) is 18.9 Å². The predicted octanol–water partition coefficient (Wildman–Crippen LogP) is 2.79. The lowest BCUT2D eigenvalue weighted by Crippen LogP contribution is -2.67. The molecule has 0 amide bonds. The topological polar surface area (TPSA) is 107 Å². The summed E-state index contributed by atoms with van der Waals surface area (Å²) in [5.41, 5.74) is -1.57. The van der Waals surface area contributed by atoms with E-state index in [0.29, 0.717) is 6.42 Å². The predicted molar refractivity (Wildman–Crippen MR) is 154 cm³/mol. The van der Waals surface area contributed by atoms with Gasteiger partial charge < -0.3 is 24.9 Å². The molecule has 208 valence electrons. The quantitative estimate of drug-likeness (QED) is 0.230. The first-order valence-electron chi connectivity index (χ1n) is 13.2. The van der Waals surface area contributed by atoms with Gasteiger partial charge in [-0.15, -0.1) is 6.42 Å². The third-order valence-electron chi connectivity index (χ3n) is 7.12. The van der Waals surface area contributed by atoms with Crippen LogP contribution in [0.3, 0.4) is 0 Å². The van der Waals surface area contributed by atoms with Crippen molar-refractivity contribution in [2.24, 2.45) is 5.92 Å². The number of benzene rings is 2. The molecule has 0 saturated carbocycles. The number of rotatable bonds is 13. The van der Waals surface area contributed by atoms with Crippen LogP contribution in [0.25, 0.3) is 0 Å². The zero-order valence-corrected chi connectivity index (χ0v) is 24.5. The number of terminal acetylenes is 1. The summed E-state index contributed by atoms with van der Waals surface area (Å²) in [6.07, 6.45) is 0.474. The monoisotopic (exact) mass is 540 g/mol. The molecule has 0 fully saturated rings. The standard InChI is InChI=1S/C31H44O6Si/c1-8-31(7,36)21-24(32)20-27(33)29(35)28(34)22(2)19-23(3)37-38(30(4,5)6,25-15-11-9-12-16-25)26-17-13-10-14-18-26/h1,9-18,22-24,28-29,32,34-36H,19-21H2,2-7H3/t22-,23+,24-,28+,29+,31+/m1/s1. The van der Waals surface area contributed by atoms with E-state index in [1.807, 2.05) is 43.3 Å². The first-order chi connectivity index (χ1) is 17.6. The van der Waals surface area contributed by atoms with Gasteiger partial charge in [0.2, 0.25) is 0 Å². The largest absolute Gasteiger partial charge is 0.405 e. The lowest BCUT2D eigenvalue weighted by atomic mass is 9.89. The van der Waals surface area contributed by atoms with Crippen LogP contribution in [0, 0.1) is 18.3 Å². The SMILES string of the molecule is C#C[C@](C)(O)C[C@H](O)CC(=O)[C@H](O)[C@@H](O)[C@H](C)C[C@H](C)O[Si](c1ccccc1)(c1ccccc1)C(C)(C)C. The molecule has 0 aromatic heterocycles. The van der Waals surface area contributed by atoms with Crippen molar-refractivity contribution in [3.05, 3.63) is 60.7 Å². The van der Waals surface area contributed by atoms with E-state index in [1.165, 1.54) is 6.92 Å². The summed E-state index contributed by atoms with van der Waals surface area (Å²) in [5, 5.41) is 43.5. The Morgan fingerprint density at radius 1 is 0.947 bits per heavy atom. The lowest BCUT2D eigenvalue weighted by Gasteiger charge is -2.45. The number of carbonyl (C=O) groups is 1. The molecule has 2 rings (SSSR count). The van der Waals surface area contributed by atoms with Gasteiger partial charge in [0.05, 0.1) is 12.2 Å². The van der Waals surface area contributed by atoms with Crippen molar-refractivity contribution in [2.45, 2.75) is 95.9 Å². The molecular formula is C31H44O6Si. The molecule has 38 heavy (non-hydrogen) atoms. The minimum Gasteiger partial charge on any atom is -0.405 e. The fourth-order valence-corrected chi connectivity index (χ4v) is 9.86. The summed E-state index contributed by atoms with van der Waals surface area (Å²) in [6, 6.07) is 20.5. The van der Waals surface area contributed by atoms with E-state index in [4.69, 9.17) is 10.8 Å². The molecule has 0 saturated heterocycles. The highest BCUT2D eigenvalue weighted by molar-refractivity contribution is 6.99. The second-order valence-corrected chi connectivity index (χ2v) is 15.9. The molecule has 0 heterocycles. The molecule has 0 bridgehead atoms. The average molecular weight is 541 g/mol. The second kappa shape index (κ2) is 13.2. The van der Waals surface area contributed by atoms with E-state index in [1.54, 1.807) is 6.92 Å². The van der Waals surface area contributed by atoms with Gasteiger partial charge in [-0.2, -0.15) is 0 Å². The van der Waals surface area contributed by atoms with Gasteiger partial charge in [-0.1, -0.05) is 94.3 Å². The molecule has 0 aliphatic rings. The van der Waals surface area contributed by atoms with Gasteiger partial charge in [0.1, 0.15) is 11.7 Å². The highest BCUT2D eigenvalue weighted by atomic mass is 28.4. The summed E-state index contributed by atoms with van der Waals surface area (Å²) in [7, 11) is -2.80. The van der Waals surface area contributed by atoms with Crippen LogP contribution in [-0.4, -0.2) is 64.5 Å². The number of aliphatic hydroxyl groups is 4. The fourth-order valence-electron chi connectivity index (χ4n) is 5.15. The van der Waals surface area contributed by atoms with Crippen molar-refractivity contribution in [3.63, 3.8) is 0 Å². The Hall–Kier alpha value is -2.31. The molecule has 0 aliphatic carbocycles. The summed E-state index contributed by atoms with van der Waals surface area (Å²) in [6.45, 7) is 11.7. The van der Waals surface area contributed by atoms with Crippen LogP contribution in [0.2, 0.25) is 5.04 Å². The fraction of sp³-hybridized carbons (Fsp3) is 0.516. The maximum absolute atomic E-state index is 12.6. The molecule has 4 N–H and O–H groups in total. The van der Waals surface area contributed by atoms with Crippen molar-refractivity contribution < 1.29 is 29.6 Å². The number of carbonyl (C=O) groups excluding carboxylic acids is 1. The third kappa shape index (κ3) is 7.86. The van der Waals surface area contributed by atoms with Gasteiger partial charge >= 0.3 is 0 Å². The van der Waals surface area contributed by atoms with Crippen LogP contribution < -0.4 is 10.4 Å². The summed E-state index contributed by atoms with van der Waals surface area (Å²) in [4.78, 5) is 12.6. The summed E-state index contributed by atoms with van der Waals surface area (Å²) in [5.74, 6) is 0.983. The minimum absolute atomic E-state index is 0.211. The van der Waals surface area contributed by atoms with Crippen molar-refractivity contribution in [3.8, 4) is 12.3 Å². The summed E-state index contributed by atoms with van der Waals surface area (Å²) >= 11 is 0. The highest BCUT2D eigenvalue weighted by Gasteiger charge is 2.51. The van der Waals surface area contributed by atoms with Crippen LogP contribution >= 0.6 is 0 Å². The number of ketones is 1. The van der Waals surface area contributed by atoms with Crippen molar-refractivity contribution in [1.29, 1.82) is 0 Å². The lowest BCUT2D eigenvalue weighted by molar-refractivity contribution is -0.137. The molecule has 2 aromatic carbocycles. The molecule has 6 atom stereocenters. The van der Waals surface area contributed by atoms with Gasteiger partial charge in [0.25, 0.3) is 8.32 Å². The smallest absolute Gasteiger partial charge is 0.261 e.